The fraction of sp³-hybridized carbons (Fsp3) is 0.357. The number of pyridine rings is 1. The van der Waals surface area contributed by atoms with Crippen molar-refractivity contribution >= 4 is 34.7 Å². The van der Waals surface area contributed by atoms with Crippen LogP contribution >= 0.6 is 11.3 Å². The second-order valence-corrected chi connectivity index (χ2v) is 10.5. The van der Waals surface area contributed by atoms with Gasteiger partial charge in [-0.2, -0.15) is 0 Å². The summed E-state index contributed by atoms with van der Waals surface area (Å²) in [6.07, 6.45) is 3.84. The normalized spacial score (nSPS) is 16.9. The van der Waals surface area contributed by atoms with E-state index in [0.717, 1.165) is 16.3 Å². The number of hydrogen-bond donors (Lipinski definition) is 1. The standard InChI is InChI=1S/C28H31N5O3S/c34-25(30-15-11-22-7-4-5-14-29-22)20-32-21-33(23-8-2-1-3-9-23)28(27(32)36)12-16-31(17-13-28)26(35)19-24-10-6-18-37-24/h1-10,14,18H,11-13,15-17,19-21H2,(H,30,34). The van der Waals surface area contributed by atoms with Crippen LogP contribution in [0.2, 0.25) is 0 Å². The van der Waals surface area contributed by atoms with Crippen LogP contribution in [0.4, 0.5) is 5.69 Å². The molecule has 2 saturated heterocycles. The van der Waals surface area contributed by atoms with E-state index in [0.29, 0.717) is 52.0 Å². The molecule has 4 heterocycles. The van der Waals surface area contributed by atoms with Crippen molar-refractivity contribution in [2.75, 3.05) is 37.7 Å². The van der Waals surface area contributed by atoms with E-state index >= 15 is 0 Å². The Labute approximate surface area is 220 Å². The van der Waals surface area contributed by atoms with Crippen LogP contribution in [0.1, 0.15) is 23.4 Å². The number of thiophene rings is 1. The first-order valence-electron chi connectivity index (χ1n) is 12.6. The first-order chi connectivity index (χ1) is 18.0. The van der Waals surface area contributed by atoms with Crippen LogP contribution < -0.4 is 10.2 Å². The molecule has 5 rings (SSSR count). The lowest BCUT2D eigenvalue weighted by Gasteiger charge is -2.43. The monoisotopic (exact) mass is 517 g/mol. The molecule has 0 radical (unpaired) electrons. The average molecular weight is 518 g/mol. The molecule has 3 amide bonds. The highest BCUT2D eigenvalue weighted by atomic mass is 32.1. The predicted molar refractivity (Wildman–Crippen MR) is 143 cm³/mol. The highest BCUT2D eigenvalue weighted by Crippen LogP contribution is 2.39. The third-order valence-corrected chi connectivity index (χ3v) is 8.07. The summed E-state index contributed by atoms with van der Waals surface area (Å²) in [6.45, 7) is 1.85. The molecule has 2 aliphatic rings. The number of nitrogens with one attached hydrogen (secondary N) is 1. The van der Waals surface area contributed by atoms with Gasteiger partial charge in [0.1, 0.15) is 12.1 Å². The number of rotatable bonds is 8. The molecule has 8 nitrogen and oxygen atoms in total. The minimum atomic E-state index is -0.755. The molecule has 2 aromatic heterocycles. The van der Waals surface area contributed by atoms with Crippen molar-refractivity contribution in [3.05, 3.63) is 82.8 Å². The predicted octanol–water partition coefficient (Wildman–Crippen LogP) is 2.71. The number of carbonyl (C=O) groups is 3. The van der Waals surface area contributed by atoms with Gasteiger partial charge in [-0.05, 0) is 48.6 Å². The fourth-order valence-corrected chi connectivity index (χ4v) is 5.92. The summed E-state index contributed by atoms with van der Waals surface area (Å²) < 4.78 is 0. The zero-order chi connectivity index (χ0) is 25.7. The average Bonchev–Trinajstić information content (AvgIpc) is 3.53. The maximum absolute atomic E-state index is 13.8. The Morgan fingerprint density at radius 2 is 1.78 bits per heavy atom. The van der Waals surface area contributed by atoms with E-state index in [-0.39, 0.29) is 24.3 Å². The van der Waals surface area contributed by atoms with Gasteiger partial charge in [0.05, 0.1) is 13.1 Å². The van der Waals surface area contributed by atoms with E-state index in [2.05, 4.69) is 15.2 Å². The van der Waals surface area contributed by atoms with Crippen molar-refractivity contribution in [3.8, 4) is 0 Å². The van der Waals surface area contributed by atoms with Crippen LogP contribution in [0.15, 0.2) is 72.2 Å². The molecular formula is C28H31N5O3S. The molecule has 0 saturated carbocycles. The van der Waals surface area contributed by atoms with Gasteiger partial charge in [-0.15, -0.1) is 11.3 Å². The molecular weight excluding hydrogens is 486 g/mol. The van der Waals surface area contributed by atoms with Crippen LogP contribution in [0, 0.1) is 0 Å². The lowest BCUT2D eigenvalue weighted by atomic mass is 9.85. The molecule has 2 aliphatic heterocycles. The van der Waals surface area contributed by atoms with E-state index in [1.807, 2.05) is 70.9 Å². The van der Waals surface area contributed by atoms with Gasteiger partial charge in [0.2, 0.25) is 11.8 Å². The van der Waals surface area contributed by atoms with E-state index in [9.17, 15) is 14.4 Å². The molecule has 37 heavy (non-hydrogen) atoms. The van der Waals surface area contributed by atoms with Gasteiger partial charge in [0, 0.05) is 48.5 Å². The third-order valence-electron chi connectivity index (χ3n) is 7.19. The summed E-state index contributed by atoms with van der Waals surface area (Å²) in [7, 11) is 0. The van der Waals surface area contributed by atoms with Crippen molar-refractivity contribution in [1.82, 2.24) is 20.1 Å². The lowest BCUT2D eigenvalue weighted by molar-refractivity contribution is -0.139. The molecule has 2 fully saturated rings. The van der Waals surface area contributed by atoms with Crippen LogP contribution in [-0.2, 0) is 27.2 Å². The maximum Gasteiger partial charge on any atom is 0.250 e. The Bertz CT molecular complexity index is 1210. The molecule has 192 valence electrons. The van der Waals surface area contributed by atoms with Crippen LogP contribution in [0.25, 0.3) is 0 Å². The topological polar surface area (TPSA) is 85.9 Å². The number of anilines is 1. The highest BCUT2D eigenvalue weighted by Gasteiger charge is 2.54. The lowest BCUT2D eigenvalue weighted by Crippen LogP contribution is -2.57. The van der Waals surface area contributed by atoms with Crippen molar-refractivity contribution in [2.45, 2.75) is 31.2 Å². The van der Waals surface area contributed by atoms with Gasteiger partial charge in [-0.3, -0.25) is 19.4 Å². The number of carbonyl (C=O) groups excluding carboxylic acids is 3. The fourth-order valence-electron chi connectivity index (χ4n) is 5.23. The summed E-state index contributed by atoms with van der Waals surface area (Å²) in [6, 6.07) is 19.5. The molecule has 1 spiro atoms. The highest BCUT2D eigenvalue weighted by molar-refractivity contribution is 7.10. The number of piperidine rings is 1. The van der Waals surface area contributed by atoms with E-state index in [4.69, 9.17) is 0 Å². The molecule has 1 N–H and O–H groups in total. The quantitative estimate of drug-likeness (QED) is 0.497. The Hall–Kier alpha value is -3.72. The summed E-state index contributed by atoms with van der Waals surface area (Å²) in [5.41, 5.74) is 1.11. The first kappa shape index (κ1) is 25.0. The summed E-state index contributed by atoms with van der Waals surface area (Å²) in [5.74, 6) is -0.127. The first-order valence-corrected chi connectivity index (χ1v) is 13.5. The molecule has 0 bridgehead atoms. The van der Waals surface area contributed by atoms with Crippen LogP contribution in [-0.4, -0.2) is 70.9 Å². The minimum Gasteiger partial charge on any atom is -0.354 e. The van der Waals surface area contributed by atoms with Crippen molar-refractivity contribution < 1.29 is 14.4 Å². The zero-order valence-electron chi connectivity index (χ0n) is 20.7. The van der Waals surface area contributed by atoms with Gasteiger partial charge in [0.25, 0.3) is 5.91 Å². The van der Waals surface area contributed by atoms with Gasteiger partial charge >= 0.3 is 0 Å². The number of hydrogen-bond acceptors (Lipinski definition) is 6. The smallest absolute Gasteiger partial charge is 0.250 e. The molecule has 1 aromatic carbocycles. The second-order valence-electron chi connectivity index (χ2n) is 9.50. The van der Waals surface area contributed by atoms with Gasteiger partial charge < -0.3 is 20.0 Å². The van der Waals surface area contributed by atoms with E-state index in [1.54, 1.807) is 22.4 Å². The van der Waals surface area contributed by atoms with Crippen molar-refractivity contribution in [2.24, 2.45) is 0 Å². The minimum absolute atomic E-state index is 0.00710. The third kappa shape index (κ3) is 5.51. The van der Waals surface area contributed by atoms with Gasteiger partial charge in [0.15, 0.2) is 0 Å². The molecule has 0 atom stereocenters. The largest absolute Gasteiger partial charge is 0.354 e. The van der Waals surface area contributed by atoms with Gasteiger partial charge in [-0.1, -0.05) is 30.3 Å². The van der Waals surface area contributed by atoms with Crippen molar-refractivity contribution in [1.29, 1.82) is 0 Å². The number of amides is 3. The Balaban J connectivity index is 1.24. The number of likely N-dealkylation sites (tertiary alicyclic amines) is 1. The Morgan fingerprint density at radius 1 is 1.00 bits per heavy atom. The molecule has 3 aromatic rings. The SMILES string of the molecule is O=C(CN1CN(c2ccccc2)C2(CCN(C(=O)Cc3cccs3)CC2)C1=O)NCCc1ccccn1. The van der Waals surface area contributed by atoms with Crippen molar-refractivity contribution in [3.63, 3.8) is 0 Å². The number of para-hydroxylation sites is 1. The molecule has 0 unspecified atom stereocenters. The van der Waals surface area contributed by atoms with Crippen LogP contribution in [0.3, 0.4) is 0 Å². The van der Waals surface area contributed by atoms with Gasteiger partial charge in [-0.25, -0.2) is 0 Å². The number of aromatic nitrogens is 1. The maximum atomic E-state index is 13.8. The van der Waals surface area contributed by atoms with E-state index < -0.39 is 5.54 Å². The Morgan fingerprint density at radius 3 is 2.49 bits per heavy atom. The molecule has 9 heteroatoms. The van der Waals surface area contributed by atoms with E-state index in [1.165, 1.54) is 0 Å². The Kier molecular flexibility index (Phi) is 7.50. The summed E-state index contributed by atoms with van der Waals surface area (Å²) in [4.78, 5) is 50.4. The summed E-state index contributed by atoms with van der Waals surface area (Å²) in [5, 5.41) is 4.90. The number of nitrogens with zero attached hydrogens (tertiary/aromatic N) is 4. The molecule has 0 aliphatic carbocycles. The summed E-state index contributed by atoms with van der Waals surface area (Å²) >= 11 is 1.58. The number of benzene rings is 1. The second kappa shape index (κ2) is 11.1. The zero-order valence-corrected chi connectivity index (χ0v) is 21.5. The van der Waals surface area contributed by atoms with Crippen LogP contribution in [0.5, 0.6) is 0 Å².